The summed E-state index contributed by atoms with van der Waals surface area (Å²) in [6.45, 7) is 9.54. The fourth-order valence-electron chi connectivity index (χ4n) is 5.43. The maximum Gasteiger partial charge on any atom is 0.254 e. The highest BCUT2D eigenvalue weighted by molar-refractivity contribution is 6.10. The van der Waals surface area contributed by atoms with Gasteiger partial charge < -0.3 is 15.5 Å². The van der Waals surface area contributed by atoms with Gasteiger partial charge in [0.15, 0.2) is 5.78 Å². The van der Waals surface area contributed by atoms with E-state index in [9.17, 15) is 19.2 Å². The SMILES string of the molecule is CC(C)CCC(=O)NC1(C(=O)NC2C(=O)N(CC(=O)C(C)(C)C)c3ccccc3-c3ccccc32)CCCC1. The van der Waals surface area contributed by atoms with Crippen molar-refractivity contribution in [2.45, 2.75) is 84.7 Å². The van der Waals surface area contributed by atoms with Crippen molar-refractivity contribution < 1.29 is 19.2 Å². The largest absolute Gasteiger partial charge is 0.342 e. The molecule has 1 aliphatic carbocycles. The number of hydrogen-bond acceptors (Lipinski definition) is 4. The molecule has 1 aliphatic heterocycles. The lowest BCUT2D eigenvalue weighted by atomic mass is 9.90. The molecule has 2 N–H and O–H groups in total. The number of para-hydroxylation sites is 1. The summed E-state index contributed by atoms with van der Waals surface area (Å²) in [5, 5.41) is 6.08. The van der Waals surface area contributed by atoms with Gasteiger partial charge >= 0.3 is 0 Å². The normalized spacial score (nSPS) is 18.3. The fraction of sp³-hybridized carbons (Fsp3) is 0.500. The zero-order valence-electron chi connectivity index (χ0n) is 23.8. The van der Waals surface area contributed by atoms with E-state index in [0.29, 0.717) is 36.4 Å². The number of carbonyl (C=O) groups is 4. The van der Waals surface area contributed by atoms with Crippen LogP contribution in [0.2, 0.25) is 0 Å². The number of ketones is 1. The first-order valence-corrected chi connectivity index (χ1v) is 14.1. The average Bonchev–Trinajstić information content (AvgIpc) is 3.34. The Morgan fingerprint density at radius 3 is 2.23 bits per heavy atom. The van der Waals surface area contributed by atoms with Gasteiger partial charge in [-0.1, -0.05) is 89.9 Å². The molecule has 4 rings (SSSR count). The Bertz CT molecular complexity index is 1250. The van der Waals surface area contributed by atoms with Crippen molar-refractivity contribution in [2.75, 3.05) is 11.4 Å². The Balaban J connectivity index is 1.71. The summed E-state index contributed by atoms with van der Waals surface area (Å²) >= 11 is 0. The van der Waals surface area contributed by atoms with E-state index in [1.807, 2.05) is 69.3 Å². The van der Waals surface area contributed by atoms with Crippen LogP contribution in [-0.4, -0.2) is 35.6 Å². The van der Waals surface area contributed by atoms with E-state index in [1.54, 1.807) is 0 Å². The predicted molar refractivity (Wildman–Crippen MR) is 153 cm³/mol. The van der Waals surface area contributed by atoms with Gasteiger partial charge in [-0.3, -0.25) is 19.2 Å². The third kappa shape index (κ3) is 6.07. The molecule has 3 amide bonds. The van der Waals surface area contributed by atoms with Crippen molar-refractivity contribution in [3.63, 3.8) is 0 Å². The van der Waals surface area contributed by atoms with Crippen LogP contribution in [0.5, 0.6) is 0 Å². The summed E-state index contributed by atoms with van der Waals surface area (Å²) in [6.07, 6.45) is 3.81. The number of Topliss-reactive ketones (excluding diaryl/α,β-unsaturated/α-hetero) is 1. The Labute approximate surface area is 231 Å². The lowest BCUT2D eigenvalue weighted by Gasteiger charge is -2.33. The molecule has 0 saturated heterocycles. The summed E-state index contributed by atoms with van der Waals surface area (Å²) in [5.41, 5.74) is 1.29. The molecule has 1 saturated carbocycles. The third-order valence-corrected chi connectivity index (χ3v) is 7.90. The molecule has 1 atom stereocenters. The molecule has 39 heavy (non-hydrogen) atoms. The summed E-state index contributed by atoms with van der Waals surface area (Å²) in [5.74, 6) is -0.547. The molecule has 0 bridgehead atoms. The first-order chi connectivity index (χ1) is 18.4. The molecule has 1 unspecified atom stereocenters. The number of rotatable bonds is 8. The van der Waals surface area contributed by atoms with E-state index >= 15 is 0 Å². The summed E-state index contributed by atoms with van der Waals surface area (Å²) in [6, 6.07) is 14.1. The molecule has 1 fully saturated rings. The van der Waals surface area contributed by atoms with E-state index in [2.05, 4.69) is 24.5 Å². The molecule has 0 aromatic heterocycles. The van der Waals surface area contributed by atoms with Crippen LogP contribution >= 0.6 is 0 Å². The predicted octanol–water partition coefficient (Wildman–Crippen LogP) is 5.34. The van der Waals surface area contributed by atoms with Gasteiger partial charge in [0.2, 0.25) is 11.8 Å². The van der Waals surface area contributed by atoms with Gasteiger partial charge in [0.1, 0.15) is 11.6 Å². The average molecular weight is 532 g/mol. The van der Waals surface area contributed by atoms with Crippen molar-refractivity contribution in [2.24, 2.45) is 11.3 Å². The van der Waals surface area contributed by atoms with Crippen LogP contribution in [0.4, 0.5) is 5.69 Å². The second kappa shape index (κ2) is 11.3. The van der Waals surface area contributed by atoms with Gasteiger partial charge in [0.05, 0.1) is 12.2 Å². The number of nitrogens with one attached hydrogen (secondary N) is 2. The Hall–Kier alpha value is -3.48. The smallest absolute Gasteiger partial charge is 0.254 e. The van der Waals surface area contributed by atoms with Crippen LogP contribution < -0.4 is 15.5 Å². The number of nitrogens with zero attached hydrogens (tertiary/aromatic N) is 1. The van der Waals surface area contributed by atoms with E-state index in [-0.39, 0.29) is 30.0 Å². The van der Waals surface area contributed by atoms with Gasteiger partial charge in [-0.25, -0.2) is 0 Å². The molecule has 0 radical (unpaired) electrons. The third-order valence-electron chi connectivity index (χ3n) is 7.90. The highest BCUT2D eigenvalue weighted by Gasteiger charge is 2.45. The van der Waals surface area contributed by atoms with Gasteiger partial charge in [-0.15, -0.1) is 0 Å². The minimum atomic E-state index is -1.05. The lowest BCUT2D eigenvalue weighted by Crippen LogP contribution is -2.59. The summed E-state index contributed by atoms with van der Waals surface area (Å²) in [7, 11) is 0. The topological polar surface area (TPSA) is 95.6 Å². The zero-order valence-corrected chi connectivity index (χ0v) is 23.8. The summed E-state index contributed by atoms with van der Waals surface area (Å²) < 4.78 is 0. The molecule has 0 spiro atoms. The number of benzene rings is 2. The molecule has 208 valence electrons. The number of fused-ring (bicyclic) bond motifs is 3. The van der Waals surface area contributed by atoms with Crippen LogP contribution in [0.1, 0.15) is 84.7 Å². The van der Waals surface area contributed by atoms with Crippen molar-refractivity contribution in [3.05, 3.63) is 54.1 Å². The van der Waals surface area contributed by atoms with Gasteiger partial charge in [-0.2, -0.15) is 0 Å². The standard InChI is InChI=1S/C32H41N3O4/c1-21(2)16-17-27(37)34-32(18-10-11-19-32)30(39)33-28-24-14-7-6-12-22(24)23-13-8-9-15-25(23)35(29(28)38)20-26(36)31(3,4)5/h6-9,12-15,21,28H,10-11,16-20H2,1-5H3,(H,33,39)(H,34,37). The van der Waals surface area contributed by atoms with Gasteiger partial charge in [0, 0.05) is 17.4 Å². The Kier molecular flexibility index (Phi) is 8.28. The van der Waals surface area contributed by atoms with Crippen molar-refractivity contribution in [1.29, 1.82) is 0 Å². The van der Waals surface area contributed by atoms with E-state index in [0.717, 1.165) is 30.4 Å². The first kappa shape index (κ1) is 28.5. The monoisotopic (exact) mass is 531 g/mol. The maximum absolute atomic E-state index is 14.3. The van der Waals surface area contributed by atoms with Crippen LogP contribution in [0.3, 0.4) is 0 Å². The number of amides is 3. The molecule has 1 heterocycles. The van der Waals surface area contributed by atoms with Crippen molar-refractivity contribution in [3.8, 4) is 11.1 Å². The molecule has 2 aliphatic rings. The van der Waals surface area contributed by atoms with Crippen molar-refractivity contribution in [1.82, 2.24) is 10.6 Å². The summed E-state index contributed by atoms with van der Waals surface area (Å²) in [4.78, 5) is 55.7. The van der Waals surface area contributed by atoms with Crippen LogP contribution in [0, 0.1) is 11.3 Å². The molecule has 7 heteroatoms. The molecular formula is C32H41N3O4. The van der Waals surface area contributed by atoms with Crippen LogP contribution in [0.15, 0.2) is 48.5 Å². The highest BCUT2D eigenvalue weighted by atomic mass is 16.2. The van der Waals surface area contributed by atoms with Crippen molar-refractivity contribution >= 4 is 29.2 Å². The van der Waals surface area contributed by atoms with Crippen LogP contribution in [-0.2, 0) is 19.2 Å². The van der Waals surface area contributed by atoms with E-state index < -0.39 is 17.0 Å². The lowest BCUT2D eigenvalue weighted by molar-refractivity contribution is -0.136. The Morgan fingerprint density at radius 2 is 1.59 bits per heavy atom. The minimum Gasteiger partial charge on any atom is -0.342 e. The van der Waals surface area contributed by atoms with Gasteiger partial charge in [-0.05, 0) is 42.4 Å². The maximum atomic E-state index is 14.3. The highest BCUT2D eigenvalue weighted by Crippen LogP contribution is 2.41. The van der Waals surface area contributed by atoms with Crippen LogP contribution in [0.25, 0.3) is 11.1 Å². The molecule has 7 nitrogen and oxygen atoms in total. The number of carbonyl (C=O) groups excluding carboxylic acids is 4. The molecule has 2 aromatic rings. The van der Waals surface area contributed by atoms with E-state index in [1.165, 1.54) is 4.90 Å². The first-order valence-electron chi connectivity index (χ1n) is 14.1. The second-order valence-corrected chi connectivity index (χ2v) is 12.4. The van der Waals surface area contributed by atoms with Gasteiger partial charge in [0.25, 0.3) is 5.91 Å². The second-order valence-electron chi connectivity index (χ2n) is 12.4. The number of hydrogen-bond donors (Lipinski definition) is 2. The molecule has 2 aromatic carbocycles. The number of anilines is 1. The minimum absolute atomic E-state index is 0.0774. The molecular weight excluding hydrogens is 490 g/mol. The zero-order chi connectivity index (χ0) is 28.4. The van der Waals surface area contributed by atoms with E-state index in [4.69, 9.17) is 0 Å². The fourth-order valence-corrected chi connectivity index (χ4v) is 5.43. The Morgan fingerprint density at radius 1 is 0.974 bits per heavy atom. The quantitative estimate of drug-likeness (QED) is 0.481.